The molecular weight excluding hydrogens is 592 g/mol. The predicted octanol–water partition coefficient (Wildman–Crippen LogP) is 5.96. The van der Waals surface area contributed by atoms with Gasteiger partial charge in [-0.2, -0.15) is 0 Å². The molecule has 9 rings (SSSR count). The summed E-state index contributed by atoms with van der Waals surface area (Å²) in [5.74, 6) is 0.230. The number of H-pyrrole nitrogens is 2. The van der Waals surface area contributed by atoms with Crippen molar-refractivity contribution in [2.75, 3.05) is 0 Å². The second kappa shape index (κ2) is 12.3. The van der Waals surface area contributed by atoms with E-state index in [0.717, 1.165) is 0 Å². The molecule has 8 nitrogen and oxygen atoms in total. The van der Waals surface area contributed by atoms with Crippen molar-refractivity contribution in [3.8, 4) is 0 Å². The monoisotopic (exact) mass is 628 g/mol. The molecule has 3 aliphatic rings. The van der Waals surface area contributed by atoms with Gasteiger partial charge in [-0.15, -0.1) is 0 Å². The fraction of sp³-hybridized carbons (Fsp3) is 0.200. The Morgan fingerprint density at radius 3 is 0.771 bits per heavy atom. The molecule has 6 aromatic rings. The van der Waals surface area contributed by atoms with Crippen LogP contribution in [0.15, 0.2) is 147 Å². The first-order chi connectivity index (χ1) is 23.8. The molecule has 0 aliphatic carbocycles. The van der Waals surface area contributed by atoms with Crippen molar-refractivity contribution in [3.05, 3.63) is 192 Å². The van der Waals surface area contributed by atoms with Gasteiger partial charge in [0, 0.05) is 120 Å². The van der Waals surface area contributed by atoms with Gasteiger partial charge in [0.05, 0.1) is 0 Å². The van der Waals surface area contributed by atoms with E-state index >= 15 is 0 Å². The number of nitrogens with zero attached hydrogens (tertiary/aromatic N) is 4. The number of aromatic amines is 2. The van der Waals surface area contributed by atoms with E-state index < -0.39 is 0 Å². The van der Waals surface area contributed by atoms with E-state index in [-0.39, 0.29) is 47.8 Å². The van der Waals surface area contributed by atoms with Crippen molar-refractivity contribution in [2.24, 2.45) is 0 Å². The Morgan fingerprint density at radius 2 is 0.542 bits per heavy atom. The number of pyridine rings is 4. The minimum atomic E-state index is 0.0576. The van der Waals surface area contributed by atoms with Crippen LogP contribution in [0.2, 0.25) is 0 Å². The Balaban J connectivity index is 1.22. The molecule has 4 N–H and O–H groups in total. The van der Waals surface area contributed by atoms with Crippen LogP contribution in [-0.2, 0) is 0 Å². The Kier molecular flexibility index (Phi) is 7.37. The Bertz CT molecular complexity index is 1750. The van der Waals surface area contributed by atoms with Crippen molar-refractivity contribution in [3.63, 3.8) is 0 Å². The van der Waals surface area contributed by atoms with E-state index in [9.17, 15) is 0 Å². The van der Waals surface area contributed by atoms with Crippen molar-refractivity contribution < 1.29 is 0 Å². The molecule has 0 amide bonds. The lowest BCUT2D eigenvalue weighted by Crippen LogP contribution is -2.40. The lowest BCUT2D eigenvalue weighted by molar-refractivity contribution is 0.475. The van der Waals surface area contributed by atoms with Crippen molar-refractivity contribution in [1.82, 2.24) is 40.5 Å². The molecule has 0 aromatic carbocycles. The minimum Gasteiger partial charge on any atom is -0.361 e. The number of aromatic nitrogens is 6. The maximum absolute atomic E-state index is 4.35. The van der Waals surface area contributed by atoms with E-state index in [4.69, 9.17) is 0 Å². The van der Waals surface area contributed by atoms with E-state index in [2.05, 4.69) is 138 Å². The second-order valence-electron chi connectivity index (χ2n) is 13.0. The molecule has 8 atom stereocenters. The number of hydrogen-bond donors (Lipinski definition) is 4. The van der Waals surface area contributed by atoms with Gasteiger partial charge in [-0.1, -0.05) is 24.3 Å². The van der Waals surface area contributed by atoms with Gasteiger partial charge in [0.2, 0.25) is 0 Å². The summed E-state index contributed by atoms with van der Waals surface area (Å²) in [5, 5.41) is 8.10. The second-order valence-corrected chi connectivity index (χ2v) is 13.0. The Morgan fingerprint density at radius 1 is 0.312 bits per heavy atom. The van der Waals surface area contributed by atoms with E-state index in [0.29, 0.717) is 0 Å². The van der Waals surface area contributed by atoms with E-state index in [1.165, 1.54) is 45.0 Å². The molecule has 8 bridgehead atoms. The van der Waals surface area contributed by atoms with Gasteiger partial charge in [0.25, 0.3) is 0 Å². The van der Waals surface area contributed by atoms with E-state index in [1.807, 2.05) is 49.6 Å². The SMILES string of the molecule is C1=CC2NC1C(c1ccncc1)c1ccc([nH]1)C(c1ccncc1)C1C=CC(N1)C(c1ccncc1)c1ccc([nH]1)C2c1ccncc1. The predicted molar refractivity (Wildman–Crippen MR) is 186 cm³/mol. The summed E-state index contributed by atoms with van der Waals surface area (Å²) in [5.41, 5.74) is 9.52. The van der Waals surface area contributed by atoms with Crippen LogP contribution in [0.4, 0.5) is 0 Å². The lowest BCUT2D eigenvalue weighted by atomic mass is 9.88. The lowest BCUT2D eigenvalue weighted by Gasteiger charge is -2.30. The molecule has 236 valence electrons. The fourth-order valence-electron chi connectivity index (χ4n) is 8.16. The van der Waals surface area contributed by atoms with Gasteiger partial charge in [-0.05, 0) is 95.1 Å². The number of fused-ring (bicyclic) bond motifs is 8. The average molecular weight is 629 g/mol. The maximum atomic E-state index is 4.35. The number of hydrogen-bond acceptors (Lipinski definition) is 6. The van der Waals surface area contributed by atoms with Gasteiger partial charge in [0.1, 0.15) is 0 Å². The first-order valence-corrected chi connectivity index (χ1v) is 16.7. The third kappa shape index (κ3) is 5.19. The molecule has 8 heteroatoms. The van der Waals surface area contributed by atoms with Gasteiger partial charge in [-0.25, -0.2) is 0 Å². The molecule has 0 saturated heterocycles. The molecule has 0 radical (unpaired) electrons. The molecule has 6 aromatic heterocycles. The van der Waals surface area contributed by atoms with Crippen LogP contribution in [-0.4, -0.2) is 54.1 Å². The highest BCUT2D eigenvalue weighted by Gasteiger charge is 2.38. The third-order valence-corrected chi connectivity index (χ3v) is 10.3. The molecule has 48 heavy (non-hydrogen) atoms. The van der Waals surface area contributed by atoms with Crippen LogP contribution < -0.4 is 10.6 Å². The summed E-state index contributed by atoms with van der Waals surface area (Å²) in [6, 6.07) is 26.4. The summed E-state index contributed by atoms with van der Waals surface area (Å²) < 4.78 is 0. The highest BCUT2D eigenvalue weighted by Crippen LogP contribution is 2.40. The summed E-state index contributed by atoms with van der Waals surface area (Å²) in [6.45, 7) is 0. The first-order valence-electron chi connectivity index (χ1n) is 16.7. The molecule has 8 unspecified atom stereocenters. The Hall–Kier alpha value is -5.44. The zero-order valence-corrected chi connectivity index (χ0v) is 26.3. The van der Waals surface area contributed by atoms with Crippen LogP contribution >= 0.6 is 0 Å². The summed E-state index contributed by atoms with van der Waals surface area (Å²) in [7, 11) is 0. The zero-order chi connectivity index (χ0) is 31.9. The number of rotatable bonds is 4. The molecule has 0 fully saturated rings. The highest BCUT2D eigenvalue weighted by atomic mass is 15.0. The van der Waals surface area contributed by atoms with Gasteiger partial charge in [-0.3, -0.25) is 19.9 Å². The molecule has 0 spiro atoms. The quantitative estimate of drug-likeness (QED) is 0.180. The van der Waals surface area contributed by atoms with Crippen molar-refractivity contribution in [2.45, 2.75) is 47.8 Å². The summed E-state index contributed by atoms with van der Waals surface area (Å²) >= 11 is 0. The number of nitrogens with one attached hydrogen (secondary N) is 4. The topological polar surface area (TPSA) is 107 Å². The Labute approximate surface area is 279 Å². The molecule has 0 saturated carbocycles. The van der Waals surface area contributed by atoms with Crippen LogP contribution in [0, 0.1) is 0 Å². The van der Waals surface area contributed by atoms with Crippen LogP contribution in [0.3, 0.4) is 0 Å². The van der Waals surface area contributed by atoms with Crippen LogP contribution in [0.1, 0.15) is 68.7 Å². The average Bonchev–Trinajstić information content (AvgIpc) is 3.98. The minimum absolute atomic E-state index is 0.0576. The molecule has 3 aliphatic heterocycles. The molecule has 9 heterocycles. The van der Waals surface area contributed by atoms with E-state index in [1.54, 1.807) is 0 Å². The van der Waals surface area contributed by atoms with Gasteiger partial charge in [0.15, 0.2) is 0 Å². The fourth-order valence-corrected chi connectivity index (χ4v) is 8.16. The van der Waals surface area contributed by atoms with Crippen molar-refractivity contribution >= 4 is 0 Å². The summed E-state index contributed by atoms with van der Waals surface area (Å²) in [6.07, 6.45) is 24.5. The van der Waals surface area contributed by atoms with Gasteiger partial charge >= 0.3 is 0 Å². The largest absolute Gasteiger partial charge is 0.361 e. The maximum Gasteiger partial charge on any atom is 0.0431 e. The normalized spacial score (nSPS) is 27.7. The highest BCUT2D eigenvalue weighted by molar-refractivity contribution is 5.44. The van der Waals surface area contributed by atoms with Crippen LogP contribution in [0.25, 0.3) is 0 Å². The smallest absolute Gasteiger partial charge is 0.0431 e. The van der Waals surface area contributed by atoms with Gasteiger partial charge < -0.3 is 20.6 Å². The molecular formula is C40H36N8. The third-order valence-electron chi connectivity index (χ3n) is 10.3. The zero-order valence-electron chi connectivity index (χ0n) is 26.3. The first kappa shape index (κ1) is 28.8. The standard InChI is InChI=1S/C40H36N8/c1-2-30-38(26-11-19-42-20-12-26)32-5-6-34(47-32)40(28-15-23-44-24-16-28)36-8-7-35(48-36)39(27-13-21-43-22-14-27)33-4-3-31(46-33)37(29(1)45-30)25-9-17-41-18-10-25/h1-24,29-30,35-40,45-48H. The van der Waals surface area contributed by atoms with Crippen LogP contribution in [0.5, 0.6) is 0 Å². The summed E-state index contributed by atoms with van der Waals surface area (Å²) in [4.78, 5) is 25.3. The van der Waals surface area contributed by atoms with Crippen molar-refractivity contribution in [1.29, 1.82) is 0 Å².